The lowest BCUT2D eigenvalue weighted by Crippen LogP contribution is -2.35. The fourth-order valence-corrected chi connectivity index (χ4v) is 1.94. The molecule has 0 aromatic heterocycles. The van der Waals surface area contributed by atoms with Gasteiger partial charge < -0.3 is 0 Å². The first-order valence-corrected chi connectivity index (χ1v) is 7.74. The van der Waals surface area contributed by atoms with E-state index in [1.165, 1.54) is 22.6 Å². The molecule has 106 valence electrons. The SMILES string of the molecule is C=CC(=N)N(CCSC)C(=O)/C=C/c1ccc(C)cc1. The molecular formula is C16H20N2OS. The van der Waals surface area contributed by atoms with Gasteiger partial charge in [0.1, 0.15) is 5.84 Å². The zero-order chi connectivity index (χ0) is 15.0. The Bertz CT molecular complexity index is 506. The van der Waals surface area contributed by atoms with Gasteiger partial charge in [0, 0.05) is 18.4 Å². The summed E-state index contributed by atoms with van der Waals surface area (Å²) in [6, 6.07) is 7.93. The van der Waals surface area contributed by atoms with Gasteiger partial charge in [-0.25, -0.2) is 0 Å². The molecule has 1 aromatic carbocycles. The Morgan fingerprint density at radius 3 is 2.60 bits per heavy atom. The van der Waals surface area contributed by atoms with E-state index in [1.54, 1.807) is 17.8 Å². The standard InChI is InChI=1S/C16H20N2OS/c1-4-15(17)18(11-12-20-3)16(19)10-9-14-7-5-13(2)6-8-14/h4-10,17H,1,11-12H2,2-3H3/b10-9+,17-15?. The summed E-state index contributed by atoms with van der Waals surface area (Å²) >= 11 is 1.64. The minimum atomic E-state index is -0.190. The highest BCUT2D eigenvalue weighted by atomic mass is 32.2. The third-order valence-corrected chi connectivity index (χ3v) is 3.36. The van der Waals surface area contributed by atoms with E-state index >= 15 is 0 Å². The average molecular weight is 288 g/mol. The normalized spacial score (nSPS) is 10.5. The van der Waals surface area contributed by atoms with Crippen molar-refractivity contribution in [2.45, 2.75) is 6.92 Å². The molecule has 0 bridgehead atoms. The summed E-state index contributed by atoms with van der Waals surface area (Å²) in [5.41, 5.74) is 2.16. The van der Waals surface area contributed by atoms with Gasteiger partial charge >= 0.3 is 0 Å². The van der Waals surface area contributed by atoms with Crippen LogP contribution in [0.15, 0.2) is 43.0 Å². The molecule has 0 spiro atoms. The number of amidine groups is 1. The Morgan fingerprint density at radius 2 is 2.05 bits per heavy atom. The lowest BCUT2D eigenvalue weighted by atomic mass is 10.1. The van der Waals surface area contributed by atoms with Gasteiger partial charge in [-0.3, -0.25) is 15.1 Å². The van der Waals surface area contributed by atoms with Crippen LogP contribution in [0.25, 0.3) is 6.08 Å². The summed E-state index contributed by atoms with van der Waals surface area (Å²) in [4.78, 5) is 13.6. The fourth-order valence-electron chi connectivity index (χ4n) is 1.58. The fraction of sp³-hybridized carbons (Fsp3) is 0.250. The minimum absolute atomic E-state index is 0.137. The molecule has 0 radical (unpaired) electrons. The van der Waals surface area contributed by atoms with Gasteiger partial charge in [0.25, 0.3) is 5.91 Å². The third kappa shape index (κ3) is 5.05. The van der Waals surface area contributed by atoms with Gasteiger partial charge in [-0.15, -0.1) is 0 Å². The van der Waals surface area contributed by atoms with E-state index in [-0.39, 0.29) is 11.7 Å². The van der Waals surface area contributed by atoms with Crippen molar-refractivity contribution in [1.82, 2.24) is 4.90 Å². The Morgan fingerprint density at radius 1 is 1.40 bits per heavy atom. The summed E-state index contributed by atoms with van der Waals surface area (Å²) < 4.78 is 0. The number of carbonyl (C=O) groups excluding carboxylic acids is 1. The summed E-state index contributed by atoms with van der Waals surface area (Å²) in [5, 5.41) is 7.76. The van der Waals surface area contributed by atoms with Crippen LogP contribution in [-0.4, -0.2) is 35.2 Å². The number of hydrogen-bond donors (Lipinski definition) is 1. The quantitative estimate of drug-likeness (QED) is 0.495. The lowest BCUT2D eigenvalue weighted by molar-refractivity contribution is -0.122. The molecule has 3 nitrogen and oxygen atoms in total. The summed E-state index contributed by atoms with van der Waals surface area (Å²) in [6.07, 6.45) is 6.63. The molecule has 20 heavy (non-hydrogen) atoms. The van der Waals surface area contributed by atoms with Gasteiger partial charge in [-0.1, -0.05) is 36.4 Å². The van der Waals surface area contributed by atoms with Crippen molar-refractivity contribution in [1.29, 1.82) is 5.41 Å². The van der Waals surface area contributed by atoms with E-state index in [9.17, 15) is 4.79 Å². The molecule has 0 heterocycles. The zero-order valence-corrected chi connectivity index (χ0v) is 12.7. The van der Waals surface area contributed by atoms with Crippen molar-refractivity contribution in [3.8, 4) is 0 Å². The molecular weight excluding hydrogens is 268 g/mol. The Kier molecular flexibility index (Phi) is 6.81. The molecule has 0 saturated heterocycles. The predicted molar refractivity (Wildman–Crippen MR) is 88.2 cm³/mol. The number of thioether (sulfide) groups is 1. The van der Waals surface area contributed by atoms with E-state index < -0.39 is 0 Å². The highest BCUT2D eigenvalue weighted by Gasteiger charge is 2.12. The topological polar surface area (TPSA) is 44.2 Å². The van der Waals surface area contributed by atoms with Gasteiger partial charge in [-0.05, 0) is 30.9 Å². The molecule has 1 rings (SSSR count). The third-order valence-electron chi connectivity index (χ3n) is 2.76. The number of amides is 1. The minimum Gasteiger partial charge on any atom is -0.293 e. The van der Waals surface area contributed by atoms with E-state index in [2.05, 4.69) is 6.58 Å². The largest absolute Gasteiger partial charge is 0.293 e. The van der Waals surface area contributed by atoms with Crippen LogP contribution in [0.3, 0.4) is 0 Å². The first-order valence-electron chi connectivity index (χ1n) is 6.34. The van der Waals surface area contributed by atoms with Crippen molar-refractivity contribution in [3.63, 3.8) is 0 Å². The Hall–Kier alpha value is -1.81. The smallest absolute Gasteiger partial charge is 0.252 e. The molecule has 0 aliphatic heterocycles. The van der Waals surface area contributed by atoms with E-state index in [4.69, 9.17) is 5.41 Å². The van der Waals surface area contributed by atoms with E-state index in [1.807, 2.05) is 37.4 Å². The van der Waals surface area contributed by atoms with Crippen molar-refractivity contribution in [3.05, 3.63) is 54.1 Å². The van der Waals surface area contributed by atoms with Gasteiger partial charge in [0.15, 0.2) is 0 Å². The van der Waals surface area contributed by atoms with Crippen LogP contribution in [0.5, 0.6) is 0 Å². The van der Waals surface area contributed by atoms with Crippen LogP contribution >= 0.6 is 11.8 Å². The second kappa shape index (κ2) is 8.38. The Labute approximate surface area is 124 Å². The highest BCUT2D eigenvalue weighted by molar-refractivity contribution is 7.98. The molecule has 1 amide bonds. The van der Waals surface area contributed by atoms with Crippen molar-refractivity contribution in [2.75, 3.05) is 18.6 Å². The number of aryl methyl sites for hydroxylation is 1. The predicted octanol–water partition coefficient (Wildman–Crippen LogP) is 3.36. The number of nitrogens with zero attached hydrogens (tertiary/aromatic N) is 1. The second-order valence-electron chi connectivity index (χ2n) is 4.32. The number of hydrogen-bond acceptors (Lipinski definition) is 3. The second-order valence-corrected chi connectivity index (χ2v) is 5.30. The van der Waals surface area contributed by atoms with Gasteiger partial charge in [0.05, 0.1) is 0 Å². The van der Waals surface area contributed by atoms with Gasteiger partial charge in [-0.2, -0.15) is 11.8 Å². The average Bonchev–Trinajstić information content (AvgIpc) is 2.46. The molecule has 1 aromatic rings. The number of nitrogens with one attached hydrogen (secondary N) is 1. The monoisotopic (exact) mass is 288 g/mol. The molecule has 0 aliphatic carbocycles. The molecule has 4 heteroatoms. The number of rotatable bonds is 6. The van der Waals surface area contributed by atoms with Crippen molar-refractivity contribution >= 4 is 29.6 Å². The molecule has 0 aliphatic rings. The van der Waals surface area contributed by atoms with Crippen molar-refractivity contribution in [2.24, 2.45) is 0 Å². The zero-order valence-electron chi connectivity index (χ0n) is 11.9. The Balaban J connectivity index is 2.76. The first kappa shape index (κ1) is 16.2. The number of benzene rings is 1. The summed E-state index contributed by atoms with van der Waals surface area (Å²) in [7, 11) is 0. The molecule has 0 unspecified atom stereocenters. The number of carbonyl (C=O) groups is 1. The summed E-state index contributed by atoms with van der Waals surface area (Å²) in [6.45, 7) is 6.09. The van der Waals surface area contributed by atoms with Crippen LogP contribution in [0, 0.1) is 12.3 Å². The highest BCUT2D eigenvalue weighted by Crippen LogP contribution is 2.06. The maximum absolute atomic E-state index is 12.1. The maximum Gasteiger partial charge on any atom is 0.252 e. The van der Waals surface area contributed by atoms with Crippen LogP contribution in [0.1, 0.15) is 11.1 Å². The molecule has 0 fully saturated rings. The van der Waals surface area contributed by atoms with Crippen LogP contribution in [0.4, 0.5) is 0 Å². The van der Waals surface area contributed by atoms with Crippen LogP contribution < -0.4 is 0 Å². The molecule has 0 saturated carbocycles. The van der Waals surface area contributed by atoms with E-state index in [0.717, 1.165) is 11.3 Å². The van der Waals surface area contributed by atoms with Crippen LogP contribution in [-0.2, 0) is 4.79 Å². The van der Waals surface area contributed by atoms with Crippen LogP contribution in [0.2, 0.25) is 0 Å². The maximum atomic E-state index is 12.1. The summed E-state index contributed by atoms with van der Waals surface area (Å²) in [5.74, 6) is 0.738. The molecule has 0 atom stereocenters. The molecule has 1 N–H and O–H groups in total. The lowest BCUT2D eigenvalue weighted by Gasteiger charge is -2.19. The van der Waals surface area contributed by atoms with E-state index in [0.29, 0.717) is 6.54 Å². The first-order chi connectivity index (χ1) is 9.58. The van der Waals surface area contributed by atoms with Gasteiger partial charge in [0.2, 0.25) is 0 Å². The van der Waals surface area contributed by atoms with Crippen molar-refractivity contribution < 1.29 is 4.79 Å².